The summed E-state index contributed by atoms with van der Waals surface area (Å²) in [5.74, 6) is -0.431. The second-order valence-corrected chi connectivity index (χ2v) is 4.82. The molecule has 0 radical (unpaired) electrons. The van der Waals surface area contributed by atoms with Gasteiger partial charge in [-0.05, 0) is 31.0 Å². The van der Waals surface area contributed by atoms with Crippen LogP contribution in [-0.4, -0.2) is 11.1 Å². The highest BCUT2D eigenvalue weighted by Crippen LogP contribution is 2.18. The molecule has 4 nitrogen and oxygen atoms in total. The van der Waals surface area contributed by atoms with Gasteiger partial charge in [0.15, 0.2) is 0 Å². The van der Waals surface area contributed by atoms with Crippen LogP contribution in [0.2, 0.25) is 0 Å². The van der Waals surface area contributed by atoms with E-state index in [0.29, 0.717) is 12.3 Å². The van der Waals surface area contributed by atoms with Gasteiger partial charge in [0.25, 0.3) is 0 Å². The van der Waals surface area contributed by atoms with E-state index < -0.39 is 5.97 Å². The lowest BCUT2D eigenvalue weighted by atomic mass is 10.0. The molecule has 1 aromatic carbocycles. The summed E-state index contributed by atoms with van der Waals surface area (Å²) < 4.78 is 5.23. The maximum Gasteiger partial charge on any atom is 0.371 e. The van der Waals surface area contributed by atoms with Crippen molar-refractivity contribution in [3.05, 3.63) is 59.0 Å². The number of hydrogen-bond acceptors (Lipinski definition) is 3. The first-order valence-electron chi connectivity index (χ1n) is 6.72. The van der Waals surface area contributed by atoms with Gasteiger partial charge in [-0.2, -0.15) is 0 Å². The van der Waals surface area contributed by atoms with E-state index in [1.165, 1.54) is 17.2 Å². The summed E-state index contributed by atoms with van der Waals surface area (Å²) in [7, 11) is 0. The predicted molar refractivity (Wildman–Crippen MR) is 76.7 cm³/mol. The molecule has 1 heterocycles. The van der Waals surface area contributed by atoms with Crippen LogP contribution in [0.3, 0.4) is 0 Å². The fourth-order valence-corrected chi connectivity index (χ4v) is 2.11. The van der Waals surface area contributed by atoms with Crippen molar-refractivity contribution in [1.82, 2.24) is 5.32 Å². The lowest BCUT2D eigenvalue weighted by Gasteiger charge is -2.16. The fraction of sp³-hybridized carbons (Fsp3) is 0.312. The monoisotopic (exact) mass is 273 g/mol. The second kappa shape index (κ2) is 6.39. The number of rotatable bonds is 6. The Kier molecular flexibility index (Phi) is 4.58. The summed E-state index contributed by atoms with van der Waals surface area (Å²) >= 11 is 0. The highest BCUT2D eigenvalue weighted by atomic mass is 16.4. The van der Waals surface area contributed by atoms with Crippen molar-refractivity contribution in [1.29, 1.82) is 0 Å². The Balaban J connectivity index is 1.99. The average molecular weight is 273 g/mol. The summed E-state index contributed by atoms with van der Waals surface area (Å²) in [5, 5.41) is 12.2. The molecule has 0 fully saturated rings. The minimum Gasteiger partial charge on any atom is -0.475 e. The van der Waals surface area contributed by atoms with Crippen LogP contribution in [0.1, 0.15) is 46.8 Å². The molecule has 0 aliphatic carbocycles. The number of carboxylic acid groups (broad SMARTS) is 1. The van der Waals surface area contributed by atoms with Crippen molar-refractivity contribution in [2.45, 2.75) is 32.9 Å². The number of aromatic carboxylic acids is 1. The van der Waals surface area contributed by atoms with Gasteiger partial charge in [0, 0.05) is 6.04 Å². The zero-order valence-electron chi connectivity index (χ0n) is 11.7. The van der Waals surface area contributed by atoms with Gasteiger partial charge in [0.2, 0.25) is 5.76 Å². The van der Waals surface area contributed by atoms with Crippen LogP contribution >= 0.6 is 0 Å². The molecule has 106 valence electrons. The third-order valence-corrected chi connectivity index (χ3v) is 3.28. The molecule has 0 spiro atoms. The summed E-state index contributed by atoms with van der Waals surface area (Å²) in [4.78, 5) is 10.7. The summed E-state index contributed by atoms with van der Waals surface area (Å²) in [6.07, 6.45) is 0.954. The van der Waals surface area contributed by atoms with Crippen LogP contribution in [0.15, 0.2) is 40.8 Å². The van der Waals surface area contributed by atoms with Crippen LogP contribution in [0.25, 0.3) is 0 Å². The summed E-state index contributed by atoms with van der Waals surface area (Å²) in [6, 6.07) is 11.8. The maximum atomic E-state index is 10.7. The molecular formula is C16H19NO3. The van der Waals surface area contributed by atoms with E-state index in [2.05, 4.69) is 43.4 Å². The molecule has 0 aliphatic heterocycles. The van der Waals surface area contributed by atoms with Crippen molar-refractivity contribution in [2.24, 2.45) is 0 Å². The predicted octanol–water partition coefficient (Wildman–Crippen LogP) is 3.53. The van der Waals surface area contributed by atoms with Crippen LogP contribution in [0.5, 0.6) is 0 Å². The van der Waals surface area contributed by atoms with E-state index in [4.69, 9.17) is 9.52 Å². The van der Waals surface area contributed by atoms with Crippen LogP contribution < -0.4 is 5.32 Å². The van der Waals surface area contributed by atoms with E-state index >= 15 is 0 Å². The van der Waals surface area contributed by atoms with E-state index in [0.717, 1.165) is 6.42 Å². The first-order valence-corrected chi connectivity index (χ1v) is 6.72. The van der Waals surface area contributed by atoms with Gasteiger partial charge >= 0.3 is 5.97 Å². The Morgan fingerprint density at radius 1 is 1.25 bits per heavy atom. The highest BCUT2D eigenvalue weighted by Gasteiger charge is 2.12. The molecule has 4 heteroatoms. The Labute approximate surface area is 118 Å². The number of carbonyl (C=O) groups is 1. The first kappa shape index (κ1) is 14.3. The molecule has 0 saturated carbocycles. The number of benzene rings is 1. The molecule has 0 aliphatic rings. The van der Waals surface area contributed by atoms with E-state index in [1.807, 2.05) is 0 Å². The van der Waals surface area contributed by atoms with Gasteiger partial charge in [-0.15, -0.1) is 0 Å². The third kappa shape index (κ3) is 3.48. The summed E-state index contributed by atoms with van der Waals surface area (Å²) in [6.45, 7) is 4.69. The zero-order valence-corrected chi connectivity index (χ0v) is 11.7. The molecule has 0 bridgehead atoms. The topological polar surface area (TPSA) is 62.5 Å². The van der Waals surface area contributed by atoms with Crippen LogP contribution in [-0.2, 0) is 6.54 Å². The largest absolute Gasteiger partial charge is 0.475 e. The van der Waals surface area contributed by atoms with Gasteiger partial charge in [-0.25, -0.2) is 4.79 Å². The number of carboxylic acids is 1. The lowest BCUT2D eigenvalue weighted by Crippen LogP contribution is -2.20. The molecule has 1 atom stereocenters. The van der Waals surface area contributed by atoms with Crippen molar-refractivity contribution >= 4 is 5.97 Å². The Morgan fingerprint density at radius 3 is 2.50 bits per heavy atom. The minimum absolute atomic E-state index is 0.0230. The van der Waals surface area contributed by atoms with Crippen molar-refractivity contribution < 1.29 is 14.3 Å². The van der Waals surface area contributed by atoms with Gasteiger partial charge < -0.3 is 14.8 Å². The third-order valence-electron chi connectivity index (χ3n) is 3.28. The zero-order chi connectivity index (χ0) is 14.5. The molecule has 0 saturated heterocycles. The van der Waals surface area contributed by atoms with Crippen molar-refractivity contribution in [3.8, 4) is 0 Å². The van der Waals surface area contributed by atoms with Gasteiger partial charge in [0.1, 0.15) is 5.76 Å². The minimum atomic E-state index is -1.04. The fourth-order valence-electron chi connectivity index (χ4n) is 2.11. The number of aryl methyl sites for hydroxylation is 1. The maximum absolute atomic E-state index is 10.7. The Morgan fingerprint density at radius 2 is 1.95 bits per heavy atom. The average Bonchev–Trinajstić information content (AvgIpc) is 2.90. The number of furan rings is 1. The van der Waals surface area contributed by atoms with E-state index in [9.17, 15) is 4.79 Å². The number of hydrogen-bond donors (Lipinski definition) is 2. The van der Waals surface area contributed by atoms with Crippen molar-refractivity contribution in [2.75, 3.05) is 0 Å². The van der Waals surface area contributed by atoms with Crippen LogP contribution in [0, 0.1) is 6.92 Å². The Bertz CT molecular complexity index is 572. The SMILES string of the molecule is CCC(NCc1ccc(C(=O)O)o1)c1ccc(C)cc1. The van der Waals surface area contributed by atoms with Gasteiger partial charge in [0.05, 0.1) is 6.54 Å². The molecule has 2 aromatic rings. The second-order valence-electron chi connectivity index (χ2n) is 4.82. The van der Waals surface area contributed by atoms with Gasteiger partial charge in [-0.3, -0.25) is 0 Å². The van der Waals surface area contributed by atoms with Crippen molar-refractivity contribution in [3.63, 3.8) is 0 Å². The molecule has 1 aromatic heterocycles. The molecular weight excluding hydrogens is 254 g/mol. The molecule has 1 unspecified atom stereocenters. The summed E-state index contributed by atoms with van der Waals surface area (Å²) in [5.41, 5.74) is 2.46. The smallest absolute Gasteiger partial charge is 0.371 e. The van der Waals surface area contributed by atoms with E-state index in [-0.39, 0.29) is 11.8 Å². The Hall–Kier alpha value is -2.07. The van der Waals surface area contributed by atoms with E-state index in [1.54, 1.807) is 6.07 Å². The van der Waals surface area contributed by atoms with Crippen LogP contribution in [0.4, 0.5) is 0 Å². The standard InChI is InChI=1S/C16H19NO3/c1-3-14(12-6-4-11(2)5-7-12)17-10-13-8-9-15(20-13)16(18)19/h4-9,14,17H,3,10H2,1-2H3,(H,18,19). The van der Waals surface area contributed by atoms with Gasteiger partial charge in [-0.1, -0.05) is 36.8 Å². The first-order chi connectivity index (χ1) is 9.60. The number of nitrogens with one attached hydrogen (secondary N) is 1. The molecule has 2 rings (SSSR count). The lowest BCUT2D eigenvalue weighted by molar-refractivity contribution is 0.0660. The quantitative estimate of drug-likeness (QED) is 0.845. The molecule has 2 N–H and O–H groups in total. The molecule has 20 heavy (non-hydrogen) atoms. The highest BCUT2D eigenvalue weighted by molar-refractivity contribution is 5.84. The normalized spacial score (nSPS) is 12.3. The molecule has 0 amide bonds.